The molecule has 0 radical (unpaired) electrons. The second kappa shape index (κ2) is 6.61. The van der Waals surface area contributed by atoms with Gasteiger partial charge in [0, 0.05) is 27.1 Å². The lowest BCUT2D eigenvalue weighted by atomic mass is 9.79. The second-order valence-electron chi connectivity index (χ2n) is 6.85. The van der Waals surface area contributed by atoms with Gasteiger partial charge >= 0.3 is 7.12 Å². The molecule has 5 heteroatoms. The molecule has 0 saturated heterocycles. The van der Waals surface area contributed by atoms with Gasteiger partial charge in [-0.3, -0.25) is 0 Å². The summed E-state index contributed by atoms with van der Waals surface area (Å²) in [5, 5.41) is 11.3. The first-order chi connectivity index (χ1) is 13.2. The van der Waals surface area contributed by atoms with Gasteiger partial charge in [-0.25, -0.2) is 0 Å². The van der Waals surface area contributed by atoms with Crippen molar-refractivity contribution in [1.82, 2.24) is 4.57 Å². The smallest absolute Gasteiger partial charge is 0.423 e. The lowest BCUT2D eigenvalue weighted by Crippen LogP contribution is -2.28. The highest BCUT2D eigenvalue weighted by molar-refractivity contribution is 7.99. The van der Waals surface area contributed by atoms with Crippen molar-refractivity contribution in [2.75, 3.05) is 0 Å². The molecule has 0 aliphatic carbocycles. The van der Waals surface area contributed by atoms with Crippen LogP contribution in [-0.4, -0.2) is 16.7 Å². The zero-order valence-electron chi connectivity index (χ0n) is 14.9. The molecule has 2 heterocycles. The van der Waals surface area contributed by atoms with Crippen LogP contribution < -0.4 is 5.46 Å². The Kier molecular flexibility index (Phi) is 4.08. The van der Waals surface area contributed by atoms with Gasteiger partial charge in [0.2, 0.25) is 0 Å². The predicted molar refractivity (Wildman–Crippen MR) is 111 cm³/mol. The van der Waals surface area contributed by atoms with Gasteiger partial charge in [-0.15, -0.1) is 0 Å². The van der Waals surface area contributed by atoms with Crippen LogP contribution in [-0.2, 0) is 11.3 Å². The molecule has 1 N–H and O–H groups in total. The van der Waals surface area contributed by atoms with Gasteiger partial charge in [0.25, 0.3) is 0 Å². The zero-order chi connectivity index (χ0) is 18.4. The van der Waals surface area contributed by atoms with E-state index in [-0.39, 0.29) is 0 Å². The Balaban J connectivity index is 1.66. The Morgan fingerprint density at radius 3 is 2.74 bits per heavy atom. The fourth-order valence-electron chi connectivity index (χ4n) is 3.58. The van der Waals surface area contributed by atoms with Gasteiger partial charge in [-0.2, -0.15) is 0 Å². The Labute approximate surface area is 162 Å². The van der Waals surface area contributed by atoms with Gasteiger partial charge in [0.05, 0.1) is 12.1 Å². The van der Waals surface area contributed by atoms with Gasteiger partial charge in [-0.1, -0.05) is 47.7 Å². The molecule has 1 aliphatic heterocycles. The van der Waals surface area contributed by atoms with E-state index in [1.807, 2.05) is 18.2 Å². The van der Waals surface area contributed by atoms with Crippen molar-refractivity contribution in [2.24, 2.45) is 0 Å². The molecule has 3 aromatic carbocycles. The Morgan fingerprint density at radius 2 is 1.89 bits per heavy atom. The quantitative estimate of drug-likeness (QED) is 0.545. The Hall–Kier alpha value is -2.47. The van der Waals surface area contributed by atoms with E-state index in [1.54, 1.807) is 11.8 Å². The van der Waals surface area contributed by atoms with E-state index in [0.29, 0.717) is 6.61 Å². The van der Waals surface area contributed by atoms with Gasteiger partial charge in [0.1, 0.15) is 0 Å². The van der Waals surface area contributed by atoms with Crippen molar-refractivity contribution in [3.8, 4) is 5.69 Å². The normalized spacial score (nSPS) is 13.3. The van der Waals surface area contributed by atoms with Crippen molar-refractivity contribution in [3.63, 3.8) is 0 Å². The van der Waals surface area contributed by atoms with Crippen LogP contribution in [0.4, 0.5) is 0 Å². The fraction of sp³-hybridized carbons (Fsp3) is 0.0909. The summed E-state index contributed by atoms with van der Waals surface area (Å²) < 4.78 is 7.54. The minimum absolute atomic E-state index is 0.470. The number of aromatic nitrogens is 1. The van der Waals surface area contributed by atoms with E-state index in [9.17, 15) is 5.02 Å². The highest BCUT2D eigenvalue weighted by Crippen LogP contribution is 2.36. The molecular formula is C22H18BNO2S. The number of rotatable bonds is 3. The van der Waals surface area contributed by atoms with Crippen molar-refractivity contribution in [2.45, 2.75) is 23.3 Å². The topological polar surface area (TPSA) is 34.4 Å². The Morgan fingerprint density at radius 1 is 1.04 bits per heavy atom. The summed E-state index contributed by atoms with van der Waals surface area (Å²) >= 11 is 1.77. The summed E-state index contributed by atoms with van der Waals surface area (Å²) in [5.41, 5.74) is 5.35. The number of hydrogen-bond acceptors (Lipinski definition) is 3. The first-order valence-corrected chi connectivity index (χ1v) is 9.78. The first-order valence-electron chi connectivity index (χ1n) is 8.96. The second-order valence-corrected chi connectivity index (χ2v) is 7.96. The monoisotopic (exact) mass is 371 g/mol. The summed E-state index contributed by atoms with van der Waals surface area (Å²) in [5.74, 6) is 0. The van der Waals surface area contributed by atoms with E-state index in [1.165, 1.54) is 20.7 Å². The van der Waals surface area contributed by atoms with E-state index in [2.05, 4.69) is 66.2 Å². The van der Waals surface area contributed by atoms with Crippen LogP contribution in [0.15, 0.2) is 82.7 Å². The van der Waals surface area contributed by atoms with Crippen LogP contribution in [0.5, 0.6) is 0 Å². The predicted octanol–water partition coefficient (Wildman–Crippen LogP) is 4.31. The number of benzene rings is 3. The Bertz CT molecular complexity index is 1140. The SMILES string of the molecule is Cc1ccc2c(c1)c(Sc1ccccc1)cn2-c1ccc2c(c1)B(O)OC2. The molecule has 0 amide bonds. The summed E-state index contributed by atoms with van der Waals surface area (Å²) in [7, 11) is -0.831. The standard InChI is InChI=1S/C22H18BNO2S/c1-15-7-10-21-19(11-15)22(27-18-5-3-2-4-6-18)13-24(21)17-9-8-16-14-26-23(25)20(16)12-17/h2-13,25H,14H2,1H3. The van der Waals surface area contributed by atoms with E-state index >= 15 is 0 Å². The van der Waals surface area contributed by atoms with Gasteiger partial charge in [-0.05, 0) is 54.3 Å². The van der Waals surface area contributed by atoms with E-state index < -0.39 is 7.12 Å². The third-order valence-corrected chi connectivity index (χ3v) is 6.02. The van der Waals surface area contributed by atoms with E-state index in [4.69, 9.17) is 4.65 Å². The molecule has 0 atom stereocenters. The molecule has 0 fully saturated rings. The summed E-state index contributed by atoms with van der Waals surface area (Å²) in [6.07, 6.45) is 2.19. The maximum Gasteiger partial charge on any atom is 0.491 e. The highest BCUT2D eigenvalue weighted by atomic mass is 32.2. The van der Waals surface area contributed by atoms with E-state index in [0.717, 1.165) is 22.2 Å². The lowest BCUT2D eigenvalue weighted by Gasteiger charge is -2.08. The molecule has 1 aliphatic rings. The summed E-state index contributed by atoms with van der Waals surface area (Å²) in [4.78, 5) is 2.44. The minimum Gasteiger partial charge on any atom is -0.423 e. The maximum absolute atomic E-state index is 10.1. The third-order valence-electron chi connectivity index (χ3n) is 4.96. The zero-order valence-corrected chi connectivity index (χ0v) is 15.7. The number of hydrogen-bond donors (Lipinski definition) is 1. The van der Waals surface area contributed by atoms with Crippen LogP contribution in [0.2, 0.25) is 0 Å². The molecular weight excluding hydrogens is 353 g/mol. The fourth-order valence-corrected chi connectivity index (χ4v) is 4.55. The summed E-state index contributed by atoms with van der Waals surface area (Å²) in [6.45, 7) is 2.59. The third kappa shape index (κ3) is 2.98. The highest BCUT2D eigenvalue weighted by Gasteiger charge is 2.27. The van der Waals surface area contributed by atoms with Crippen LogP contribution in [0, 0.1) is 6.92 Å². The lowest BCUT2D eigenvalue weighted by molar-refractivity contribution is 0.275. The average Bonchev–Trinajstić information content (AvgIpc) is 3.23. The van der Waals surface area contributed by atoms with Crippen LogP contribution in [0.1, 0.15) is 11.1 Å². The first kappa shape index (κ1) is 16.7. The maximum atomic E-state index is 10.1. The van der Waals surface area contributed by atoms with Crippen LogP contribution in [0.3, 0.4) is 0 Å². The largest absolute Gasteiger partial charge is 0.491 e. The molecule has 27 heavy (non-hydrogen) atoms. The molecule has 0 spiro atoms. The number of nitrogens with zero attached hydrogens (tertiary/aromatic N) is 1. The van der Waals surface area contributed by atoms with Gasteiger partial charge in [0.15, 0.2) is 0 Å². The molecule has 4 aromatic rings. The van der Waals surface area contributed by atoms with Crippen LogP contribution in [0.25, 0.3) is 16.6 Å². The molecule has 3 nitrogen and oxygen atoms in total. The van der Waals surface area contributed by atoms with Crippen molar-refractivity contribution >= 4 is 35.2 Å². The molecule has 5 rings (SSSR count). The molecule has 1 aromatic heterocycles. The number of fused-ring (bicyclic) bond motifs is 2. The van der Waals surface area contributed by atoms with Crippen molar-refractivity contribution < 1.29 is 9.68 Å². The molecule has 0 saturated carbocycles. The van der Waals surface area contributed by atoms with Crippen molar-refractivity contribution in [1.29, 1.82) is 0 Å². The number of aryl methyl sites for hydroxylation is 1. The molecule has 0 unspecified atom stereocenters. The van der Waals surface area contributed by atoms with Crippen LogP contribution >= 0.6 is 11.8 Å². The summed E-state index contributed by atoms with van der Waals surface area (Å²) in [6, 6.07) is 23.1. The molecule has 132 valence electrons. The van der Waals surface area contributed by atoms with Gasteiger partial charge < -0.3 is 14.2 Å². The van der Waals surface area contributed by atoms with Crippen molar-refractivity contribution in [3.05, 3.63) is 84.1 Å². The minimum atomic E-state index is -0.831. The molecule has 0 bridgehead atoms. The average molecular weight is 371 g/mol.